The second-order valence-corrected chi connectivity index (χ2v) is 5.45. The summed E-state index contributed by atoms with van der Waals surface area (Å²) in [5.74, 6) is -1.21. The van der Waals surface area contributed by atoms with Crippen LogP contribution in [-0.2, 0) is 4.79 Å². The lowest BCUT2D eigenvalue weighted by Gasteiger charge is -2.21. The number of aliphatic carboxylic acids is 1. The number of hydrogen-bond donors (Lipinski definition) is 3. The average Bonchev–Trinajstić information content (AvgIpc) is 2.61. The van der Waals surface area contributed by atoms with Gasteiger partial charge in [0.15, 0.2) is 5.60 Å². The van der Waals surface area contributed by atoms with E-state index < -0.39 is 11.6 Å². The third-order valence-corrected chi connectivity index (χ3v) is 3.58. The van der Waals surface area contributed by atoms with Gasteiger partial charge in [-0.3, -0.25) is 0 Å². The van der Waals surface area contributed by atoms with Gasteiger partial charge in [-0.2, -0.15) is 0 Å². The minimum Gasteiger partial charge on any atom is -0.479 e. The van der Waals surface area contributed by atoms with Gasteiger partial charge in [-0.1, -0.05) is 0 Å². The molecule has 1 rings (SSSR count). The van der Waals surface area contributed by atoms with Crippen LogP contribution in [0.1, 0.15) is 29.6 Å². The highest BCUT2D eigenvalue weighted by molar-refractivity contribution is 7.12. The molecule has 90 valence electrons. The van der Waals surface area contributed by atoms with E-state index in [1.807, 2.05) is 26.0 Å². The highest BCUT2D eigenvalue weighted by Gasteiger charge is 2.30. The van der Waals surface area contributed by atoms with Crippen LogP contribution in [0.25, 0.3) is 0 Å². The van der Waals surface area contributed by atoms with E-state index in [4.69, 9.17) is 5.11 Å². The molecule has 1 aromatic rings. The molecular weight excluding hydrogens is 226 g/mol. The topological polar surface area (TPSA) is 69.6 Å². The van der Waals surface area contributed by atoms with Gasteiger partial charge in [0.05, 0.1) is 0 Å². The van der Waals surface area contributed by atoms with Crippen molar-refractivity contribution in [2.24, 2.45) is 0 Å². The zero-order valence-corrected chi connectivity index (χ0v) is 10.5. The van der Waals surface area contributed by atoms with E-state index >= 15 is 0 Å². The molecule has 0 aliphatic carbocycles. The summed E-state index contributed by atoms with van der Waals surface area (Å²) in [6, 6.07) is 4.07. The Morgan fingerprint density at radius 1 is 1.62 bits per heavy atom. The van der Waals surface area contributed by atoms with Crippen LogP contribution in [0.3, 0.4) is 0 Å². The third kappa shape index (κ3) is 3.30. The molecule has 16 heavy (non-hydrogen) atoms. The first-order valence-corrected chi connectivity index (χ1v) is 5.90. The van der Waals surface area contributed by atoms with E-state index in [2.05, 4.69) is 5.32 Å². The van der Waals surface area contributed by atoms with E-state index in [-0.39, 0.29) is 12.6 Å². The number of aryl methyl sites for hydroxylation is 1. The van der Waals surface area contributed by atoms with E-state index in [9.17, 15) is 9.90 Å². The number of aliphatic hydroxyl groups is 1. The minimum absolute atomic E-state index is 0.0282. The van der Waals surface area contributed by atoms with Crippen molar-refractivity contribution in [3.05, 3.63) is 21.9 Å². The fraction of sp³-hybridized carbons (Fsp3) is 0.545. The number of carboxylic acid groups (broad SMARTS) is 1. The molecule has 0 amide bonds. The average molecular weight is 243 g/mol. The molecule has 2 unspecified atom stereocenters. The number of thiophene rings is 1. The Labute approximate surface area is 98.9 Å². The summed E-state index contributed by atoms with van der Waals surface area (Å²) in [4.78, 5) is 13.0. The molecule has 0 aliphatic rings. The van der Waals surface area contributed by atoms with Crippen LogP contribution in [0.4, 0.5) is 0 Å². The second-order valence-electron chi connectivity index (χ2n) is 4.13. The molecule has 0 saturated heterocycles. The minimum atomic E-state index is -1.72. The Morgan fingerprint density at radius 3 is 2.69 bits per heavy atom. The molecular formula is C11H17NO3S. The van der Waals surface area contributed by atoms with Crippen molar-refractivity contribution in [1.82, 2.24) is 5.32 Å². The van der Waals surface area contributed by atoms with Crippen LogP contribution in [0.2, 0.25) is 0 Å². The molecule has 0 radical (unpaired) electrons. The number of carbonyl (C=O) groups is 1. The highest BCUT2D eigenvalue weighted by Crippen LogP contribution is 2.22. The lowest BCUT2D eigenvalue weighted by Crippen LogP contribution is -2.45. The molecule has 5 heteroatoms. The third-order valence-electron chi connectivity index (χ3n) is 2.40. The summed E-state index contributed by atoms with van der Waals surface area (Å²) >= 11 is 1.66. The van der Waals surface area contributed by atoms with E-state index in [1.165, 1.54) is 11.8 Å². The molecule has 2 atom stereocenters. The van der Waals surface area contributed by atoms with Gasteiger partial charge in [0.1, 0.15) is 0 Å². The predicted octanol–water partition coefficient (Wildman–Crippen LogP) is 1.54. The highest BCUT2D eigenvalue weighted by atomic mass is 32.1. The van der Waals surface area contributed by atoms with Gasteiger partial charge < -0.3 is 15.5 Å². The molecule has 0 fully saturated rings. The lowest BCUT2D eigenvalue weighted by molar-refractivity contribution is -0.156. The van der Waals surface area contributed by atoms with E-state index in [0.29, 0.717) is 0 Å². The number of nitrogens with one attached hydrogen (secondary N) is 1. The Balaban J connectivity index is 2.53. The van der Waals surface area contributed by atoms with Gasteiger partial charge in [0.2, 0.25) is 0 Å². The van der Waals surface area contributed by atoms with E-state index in [0.717, 1.165) is 4.88 Å². The molecule has 1 heterocycles. The summed E-state index contributed by atoms with van der Waals surface area (Å²) in [6.07, 6.45) is 0. The Morgan fingerprint density at radius 2 is 2.25 bits per heavy atom. The van der Waals surface area contributed by atoms with Crippen molar-refractivity contribution < 1.29 is 15.0 Å². The predicted molar refractivity (Wildman–Crippen MR) is 63.7 cm³/mol. The standard InChI is InChI=1S/C11H17NO3S/c1-7-4-5-9(16-7)8(2)12-6-11(3,15)10(13)14/h4-5,8,12,15H,6H2,1-3H3,(H,13,14). The fourth-order valence-electron chi connectivity index (χ4n) is 1.21. The first kappa shape index (κ1) is 13.2. The van der Waals surface area contributed by atoms with Crippen LogP contribution >= 0.6 is 11.3 Å². The maximum atomic E-state index is 10.7. The van der Waals surface area contributed by atoms with Crippen LogP contribution in [0, 0.1) is 6.92 Å². The first-order valence-electron chi connectivity index (χ1n) is 5.08. The van der Waals surface area contributed by atoms with Crippen molar-refractivity contribution >= 4 is 17.3 Å². The van der Waals surface area contributed by atoms with Crippen LogP contribution in [0.15, 0.2) is 12.1 Å². The van der Waals surface area contributed by atoms with Crippen molar-refractivity contribution in [2.45, 2.75) is 32.4 Å². The summed E-state index contributed by atoms with van der Waals surface area (Å²) in [5, 5.41) is 21.3. The van der Waals surface area contributed by atoms with Gasteiger partial charge in [-0.05, 0) is 32.9 Å². The molecule has 0 saturated carbocycles. The summed E-state index contributed by atoms with van der Waals surface area (Å²) in [5.41, 5.74) is -1.72. The fourth-order valence-corrected chi connectivity index (χ4v) is 2.12. The Hall–Kier alpha value is -0.910. The SMILES string of the molecule is Cc1ccc(C(C)NCC(C)(O)C(=O)O)s1. The molecule has 0 bridgehead atoms. The van der Waals surface area contributed by atoms with Gasteiger partial charge in [-0.15, -0.1) is 11.3 Å². The monoisotopic (exact) mass is 243 g/mol. The first-order chi connectivity index (χ1) is 7.33. The quantitative estimate of drug-likeness (QED) is 0.733. The Bertz CT molecular complexity index is 373. The molecule has 0 aromatic carbocycles. The normalized spacial score (nSPS) is 16.8. The number of carboxylic acids is 1. The van der Waals surface area contributed by atoms with Crippen molar-refractivity contribution in [3.8, 4) is 0 Å². The van der Waals surface area contributed by atoms with Crippen LogP contribution < -0.4 is 5.32 Å². The molecule has 3 N–H and O–H groups in total. The molecule has 1 aromatic heterocycles. The zero-order valence-electron chi connectivity index (χ0n) is 9.65. The zero-order chi connectivity index (χ0) is 12.3. The van der Waals surface area contributed by atoms with Gasteiger partial charge in [0.25, 0.3) is 0 Å². The lowest BCUT2D eigenvalue weighted by atomic mass is 10.1. The maximum absolute atomic E-state index is 10.7. The van der Waals surface area contributed by atoms with Crippen LogP contribution in [-0.4, -0.2) is 28.3 Å². The van der Waals surface area contributed by atoms with Gasteiger partial charge >= 0.3 is 5.97 Å². The van der Waals surface area contributed by atoms with Gasteiger partial charge in [0, 0.05) is 22.3 Å². The number of rotatable bonds is 5. The van der Waals surface area contributed by atoms with Crippen LogP contribution in [0.5, 0.6) is 0 Å². The smallest absolute Gasteiger partial charge is 0.336 e. The summed E-state index contributed by atoms with van der Waals surface area (Å²) in [7, 11) is 0. The molecule has 0 spiro atoms. The number of hydrogen-bond acceptors (Lipinski definition) is 4. The van der Waals surface area contributed by atoms with Crippen molar-refractivity contribution in [2.75, 3.05) is 6.54 Å². The van der Waals surface area contributed by atoms with Crippen molar-refractivity contribution in [1.29, 1.82) is 0 Å². The summed E-state index contributed by atoms with van der Waals surface area (Å²) < 4.78 is 0. The Kier molecular flexibility index (Phi) is 4.07. The largest absolute Gasteiger partial charge is 0.479 e. The van der Waals surface area contributed by atoms with Crippen molar-refractivity contribution in [3.63, 3.8) is 0 Å². The second kappa shape index (κ2) is 4.95. The maximum Gasteiger partial charge on any atom is 0.336 e. The van der Waals surface area contributed by atoms with E-state index in [1.54, 1.807) is 11.3 Å². The van der Waals surface area contributed by atoms with Gasteiger partial charge in [-0.25, -0.2) is 4.79 Å². The molecule has 0 aliphatic heterocycles. The molecule has 4 nitrogen and oxygen atoms in total. The summed E-state index contributed by atoms with van der Waals surface area (Å²) in [6.45, 7) is 5.28.